The van der Waals surface area contributed by atoms with Crippen molar-refractivity contribution in [3.8, 4) is 0 Å². The van der Waals surface area contributed by atoms with Crippen LogP contribution >= 0.6 is 0 Å². The second-order valence-corrected chi connectivity index (χ2v) is 5.56. The smallest absolute Gasteiger partial charge is 0.317 e. The molecule has 0 atom stereocenters. The molecule has 1 fully saturated rings. The van der Waals surface area contributed by atoms with Crippen LogP contribution in [0.4, 0.5) is 4.79 Å². The molecule has 0 unspecified atom stereocenters. The minimum atomic E-state index is -0.831. The molecule has 0 saturated carbocycles. The van der Waals surface area contributed by atoms with Crippen LogP contribution in [-0.2, 0) is 11.3 Å². The van der Waals surface area contributed by atoms with Crippen molar-refractivity contribution in [3.63, 3.8) is 0 Å². The van der Waals surface area contributed by atoms with Gasteiger partial charge >= 0.3 is 12.0 Å². The lowest BCUT2D eigenvalue weighted by molar-refractivity contribution is -0.137. The minimum absolute atomic E-state index is 0.0867. The first-order valence-electron chi connectivity index (χ1n) is 7.88. The first-order chi connectivity index (χ1) is 10.6. The van der Waals surface area contributed by atoms with Gasteiger partial charge in [0.2, 0.25) is 0 Å². The molecule has 22 heavy (non-hydrogen) atoms. The van der Waals surface area contributed by atoms with Crippen molar-refractivity contribution in [3.05, 3.63) is 18.0 Å². The van der Waals surface area contributed by atoms with E-state index in [-0.39, 0.29) is 12.5 Å². The average Bonchev–Trinajstić information content (AvgIpc) is 3.00. The Bertz CT molecular complexity index is 507. The Morgan fingerprint density at radius 2 is 2.14 bits per heavy atom. The first kappa shape index (κ1) is 16.3. The molecule has 0 bridgehead atoms. The lowest BCUT2D eigenvalue weighted by Crippen LogP contribution is -2.44. The summed E-state index contributed by atoms with van der Waals surface area (Å²) in [5.41, 5.74) is 1.25. The number of amides is 2. The molecule has 1 aromatic heterocycles. The monoisotopic (exact) mass is 308 g/mol. The van der Waals surface area contributed by atoms with E-state index in [0.717, 1.165) is 32.5 Å². The van der Waals surface area contributed by atoms with Crippen LogP contribution in [0.3, 0.4) is 0 Å². The van der Waals surface area contributed by atoms with Crippen LogP contribution in [-0.4, -0.2) is 51.4 Å². The molecule has 0 aliphatic carbocycles. The fourth-order valence-electron chi connectivity index (χ4n) is 2.88. The predicted octanol–water partition coefficient (Wildman–Crippen LogP) is 1.66. The van der Waals surface area contributed by atoms with E-state index in [0.29, 0.717) is 18.9 Å². The van der Waals surface area contributed by atoms with Crippen LogP contribution in [0.1, 0.15) is 44.2 Å². The molecule has 2 N–H and O–H groups in total. The quantitative estimate of drug-likeness (QED) is 0.782. The number of aromatic nitrogens is 2. The third-order valence-electron chi connectivity index (χ3n) is 4.09. The van der Waals surface area contributed by atoms with Gasteiger partial charge in [-0.25, -0.2) is 4.79 Å². The Hall–Kier alpha value is -2.05. The number of rotatable bonds is 6. The van der Waals surface area contributed by atoms with Crippen molar-refractivity contribution < 1.29 is 14.7 Å². The first-order valence-corrected chi connectivity index (χ1v) is 7.88. The number of carbonyl (C=O) groups is 2. The highest BCUT2D eigenvalue weighted by molar-refractivity contribution is 5.74. The van der Waals surface area contributed by atoms with E-state index in [1.54, 1.807) is 0 Å². The summed E-state index contributed by atoms with van der Waals surface area (Å²) in [4.78, 5) is 24.2. The fraction of sp³-hybridized carbons (Fsp3) is 0.667. The Kier molecular flexibility index (Phi) is 5.80. The zero-order valence-electron chi connectivity index (χ0n) is 13.0. The summed E-state index contributed by atoms with van der Waals surface area (Å²) >= 11 is 0. The average molecular weight is 308 g/mol. The fourth-order valence-corrected chi connectivity index (χ4v) is 2.88. The largest absolute Gasteiger partial charge is 0.481 e. The summed E-state index contributed by atoms with van der Waals surface area (Å²) in [6, 6.07) is 1.98. The SMILES string of the molecule is CCn1nccc1C1CCN(C(=O)NCCCC(=O)O)CC1. The molecule has 2 rings (SSSR count). The van der Waals surface area contributed by atoms with Crippen molar-refractivity contribution >= 4 is 12.0 Å². The van der Waals surface area contributed by atoms with Gasteiger partial charge in [-0.05, 0) is 32.3 Å². The zero-order chi connectivity index (χ0) is 15.9. The zero-order valence-corrected chi connectivity index (χ0v) is 13.0. The van der Waals surface area contributed by atoms with Crippen LogP contribution in [0.5, 0.6) is 0 Å². The van der Waals surface area contributed by atoms with Gasteiger partial charge in [0.1, 0.15) is 0 Å². The summed E-state index contributed by atoms with van der Waals surface area (Å²) < 4.78 is 2.02. The number of aryl methyl sites for hydroxylation is 1. The summed E-state index contributed by atoms with van der Waals surface area (Å²) in [5, 5.41) is 15.6. The van der Waals surface area contributed by atoms with Crippen LogP contribution in [0.15, 0.2) is 12.3 Å². The lowest BCUT2D eigenvalue weighted by atomic mass is 9.93. The van der Waals surface area contributed by atoms with Crippen molar-refractivity contribution in [2.75, 3.05) is 19.6 Å². The summed E-state index contributed by atoms with van der Waals surface area (Å²) in [6.45, 7) is 4.81. The van der Waals surface area contributed by atoms with Crippen molar-refractivity contribution in [1.29, 1.82) is 0 Å². The van der Waals surface area contributed by atoms with E-state index in [9.17, 15) is 9.59 Å². The number of hydrogen-bond donors (Lipinski definition) is 2. The topological polar surface area (TPSA) is 87.5 Å². The number of piperidine rings is 1. The molecule has 1 saturated heterocycles. The van der Waals surface area contributed by atoms with Crippen molar-refractivity contribution in [2.45, 2.75) is 45.1 Å². The number of carboxylic acids is 1. The molecule has 7 heteroatoms. The maximum atomic E-state index is 12.0. The second-order valence-electron chi connectivity index (χ2n) is 5.56. The van der Waals surface area contributed by atoms with E-state index >= 15 is 0 Å². The van der Waals surface area contributed by atoms with Gasteiger partial charge in [-0.3, -0.25) is 9.48 Å². The van der Waals surface area contributed by atoms with Crippen LogP contribution < -0.4 is 5.32 Å². The Labute approximate surface area is 130 Å². The standard InChI is InChI=1S/C15H24N4O3/c1-2-19-13(5-9-17-19)12-6-10-18(11-7-12)15(22)16-8-3-4-14(20)21/h5,9,12H,2-4,6-8,10-11H2,1H3,(H,16,22)(H,20,21). The van der Waals surface area contributed by atoms with Gasteiger partial charge in [0.15, 0.2) is 0 Å². The highest BCUT2D eigenvalue weighted by Gasteiger charge is 2.25. The third kappa shape index (κ3) is 4.22. The minimum Gasteiger partial charge on any atom is -0.481 e. The van der Waals surface area contributed by atoms with E-state index in [1.165, 1.54) is 5.69 Å². The van der Waals surface area contributed by atoms with Gasteiger partial charge in [0, 0.05) is 50.4 Å². The van der Waals surface area contributed by atoms with E-state index in [4.69, 9.17) is 5.11 Å². The van der Waals surface area contributed by atoms with Gasteiger partial charge in [0.25, 0.3) is 0 Å². The molecule has 0 radical (unpaired) electrons. The molecular formula is C15H24N4O3. The Morgan fingerprint density at radius 1 is 1.41 bits per heavy atom. The molecule has 1 aromatic rings. The second kappa shape index (κ2) is 7.82. The summed E-state index contributed by atoms with van der Waals surface area (Å²) in [5.74, 6) is -0.374. The van der Waals surface area contributed by atoms with Gasteiger partial charge in [-0.1, -0.05) is 0 Å². The number of nitrogens with zero attached hydrogens (tertiary/aromatic N) is 3. The summed E-state index contributed by atoms with van der Waals surface area (Å²) in [6.07, 6.45) is 4.26. The van der Waals surface area contributed by atoms with Gasteiger partial charge in [-0.15, -0.1) is 0 Å². The Balaban J connectivity index is 1.74. The van der Waals surface area contributed by atoms with Crippen LogP contribution in [0, 0.1) is 0 Å². The predicted molar refractivity (Wildman–Crippen MR) is 81.7 cm³/mol. The number of urea groups is 1. The van der Waals surface area contributed by atoms with Gasteiger partial charge < -0.3 is 15.3 Å². The van der Waals surface area contributed by atoms with Crippen LogP contribution in [0.2, 0.25) is 0 Å². The number of carboxylic acid groups (broad SMARTS) is 1. The number of aliphatic carboxylic acids is 1. The van der Waals surface area contributed by atoms with Gasteiger partial charge in [-0.2, -0.15) is 5.10 Å². The maximum Gasteiger partial charge on any atom is 0.317 e. The van der Waals surface area contributed by atoms with Crippen molar-refractivity contribution in [1.82, 2.24) is 20.0 Å². The number of likely N-dealkylation sites (tertiary alicyclic amines) is 1. The number of nitrogens with one attached hydrogen (secondary N) is 1. The molecule has 0 spiro atoms. The molecule has 1 aliphatic rings. The third-order valence-corrected chi connectivity index (χ3v) is 4.09. The molecular weight excluding hydrogens is 284 g/mol. The maximum absolute atomic E-state index is 12.0. The molecule has 2 heterocycles. The van der Waals surface area contributed by atoms with E-state index < -0.39 is 5.97 Å². The van der Waals surface area contributed by atoms with Gasteiger partial charge in [0.05, 0.1) is 0 Å². The normalized spacial score (nSPS) is 15.8. The molecule has 2 amide bonds. The lowest BCUT2D eigenvalue weighted by Gasteiger charge is -2.32. The number of carbonyl (C=O) groups excluding carboxylic acids is 1. The van der Waals surface area contributed by atoms with E-state index in [2.05, 4.69) is 23.4 Å². The van der Waals surface area contributed by atoms with E-state index in [1.807, 2.05) is 15.8 Å². The highest BCUT2D eigenvalue weighted by atomic mass is 16.4. The molecule has 7 nitrogen and oxygen atoms in total. The highest BCUT2D eigenvalue weighted by Crippen LogP contribution is 2.27. The Morgan fingerprint density at radius 3 is 2.77 bits per heavy atom. The number of hydrogen-bond acceptors (Lipinski definition) is 3. The van der Waals surface area contributed by atoms with Crippen molar-refractivity contribution in [2.24, 2.45) is 0 Å². The molecule has 0 aromatic carbocycles. The molecule has 1 aliphatic heterocycles. The summed E-state index contributed by atoms with van der Waals surface area (Å²) in [7, 11) is 0. The molecule has 122 valence electrons. The van der Waals surface area contributed by atoms with Crippen LogP contribution in [0.25, 0.3) is 0 Å².